The van der Waals surface area contributed by atoms with Crippen molar-refractivity contribution in [1.82, 2.24) is 4.31 Å². The maximum Gasteiger partial charge on any atom is 0.323 e. The summed E-state index contributed by atoms with van der Waals surface area (Å²) in [5, 5.41) is 0. The number of unbranched alkanes of at least 4 members (excludes halogenated alkanes) is 1. The molecule has 0 atom stereocenters. The molecule has 0 amide bonds. The molecule has 1 aromatic rings. The number of thiophene rings is 1. The Morgan fingerprint density at radius 3 is 2.50 bits per heavy atom. The molecule has 2 heterocycles. The van der Waals surface area contributed by atoms with Crippen LogP contribution in [-0.2, 0) is 26.0 Å². The zero-order chi connectivity index (χ0) is 19.4. The van der Waals surface area contributed by atoms with E-state index in [-0.39, 0.29) is 0 Å². The summed E-state index contributed by atoms with van der Waals surface area (Å²) in [5.74, 6) is -0.837. The van der Waals surface area contributed by atoms with Gasteiger partial charge in [0.15, 0.2) is 5.75 Å². The Kier molecular flexibility index (Phi) is 7.27. The summed E-state index contributed by atoms with van der Waals surface area (Å²) >= 11 is 1.86. The van der Waals surface area contributed by atoms with Gasteiger partial charge in [-0.3, -0.25) is 4.79 Å². The molecule has 0 aromatic carbocycles. The van der Waals surface area contributed by atoms with Gasteiger partial charge in [0.1, 0.15) is 5.60 Å². The van der Waals surface area contributed by atoms with Crippen LogP contribution in [0.2, 0.25) is 0 Å². The lowest BCUT2D eigenvalue weighted by Crippen LogP contribution is -2.41. The number of hydrogen-bond acceptors (Lipinski definition) is 5. The third kappa shape index (κ3) is 6.35. The van der Waals surface area contributed by atoms with Crippen molar-refractivity contribution in [2.24, 2.45) is 0 Å². The highest BCUT2D eigenvalue weighted by Gasteiger charge is 2.32. The van der Waals surface area contributed by atoms with Crippen LogP contribution in [0.1, 0.15) is 69.1 Å². The summed E-state index contributed by atoms with van der Waals surface area (Å²) in [6.45, 7) is 8.34. The molecule has 0 saturated carbocycles. The molecule has 0 radical (unpaired) electrons. The molecule has 1 aliphatic rings. The predicted octanol–water partition coefficient (Wildman–Crippen LogP) is 3.94. The number of ether oxygens (including phenoxy) is 1. The summed E-state index contributed by atoms with van der Waals surface area (Å²) < 4.78 is 31.5. The Morgan fingerprint density at radius 1 is 1.27 bits per heavy atom. The standard InChI is InChI=1S/C19H31NO4S2/c1-5-6-7-16-8-9-17(25-16)15-10-12-20(13-11-15)26(22,23)14-18(21)24-19(2,3)4/h8-9,15H,5-7,10-14H2,1-4H3. The van der Waals surface area contributed by atoms with Gasteiger partial charge in [0.25, 0.3) is 0 Å². The molecule has 0 N–H and O–H groups in total. The van der Waals surface area contributed by atoms with E-state index in [9.17, 15) is 13.2 Å². The second kappa shape index (κ2) is 8.85. The first kappa shape index (κ1) is 21.4. The number of aryl methyl sites for hydroxylation is 1. The van der Waals surface area contributed by atoms with Gasteiger partial charge < -0.3 is 4.74 Å². The normalized spacial score (nSPS) is 17.4. The van der Waals surface area contributed by atoms with E-state index in [1.807, 2.05) is 11.3 Å². The van der Waals surface area contributed by atoms with Gasteiger partial charge in [0.2, 0.25) is 10.0 Å². The summed E-state index contributed by atoms with van der Waals surface area (Å²) in [4.78, 5) is 14.6. The molecule has 26 heavy (non-hydrogen) atoms. The lowest BCUT2D eigenvalue weighted by Gasteiger charge is -2.31. The monoisotopic (exact) mass is 401 g/mol. The molecule has 0 bridgehead atoms. The summed E-state index contributed by atoms with van der Waals surface area (Å²) in [5.41, 5.74) is -0.672. The first-order chi connectivity index (χ1) is 12.1. The first-order valence-corrected chi connectivity index (χ1v) is 11.8. The minimum Gasteiger partial charge on any atom is -0.459 e. The Hall–Kier alpha value is -0.920. The van der Waals surface area contributed by atoms with Crippen molar-refractivity contribution in [2.45, 2.75) is 71.3 Å². The van der Waals surface area contributed by atoms with Crippen LogP contribution in [0.5, 0.6) is 0 Å². The minimum absolute atomic E-state index is 0.420. The van der Waals surface area contributed by atoms with Gasteiger partial charge in [-0.1, -0.05) is 13.3 Å². The number of esters is 1. The molecule has 1 fully saturated rings. The number of nitrogens with zero attached hydrogens (tertiary/aromatic N) is 1. The van der Waals surface area contributed by atoms with E-state index in [4.69, 9.17) is 4.74 Å². The molecule has 2 rings (SSSR count). The van der Waals surface area contributed by atoms with Crippen LogP contribution in [-0.4, -0.2) is 43.1 Å². The van der Waals surface area contributed by atoms with Crippen molar-refractivity contribution in [1.29, 1.82) is 0 Å². The molecule has 0 unspecified atom stereocenters. The fourth-order valence-corrected chi connectivity index (χ4v) is 5.66. The highest BCUT2D eigenvalue weighted by molar-refractivity contribution is 7.89. The average Bonchev–Trinajstić information content (AvgIpc) is 2.99. The lowest BCUT2D eigenvalue weighted by atomic mass is 9.96. The number of rotatable bonds is 7. The Balaban J connectivity index is 1.88. The molecule has 1 aliphatic heterocycles. The Morgan fingerprint density at radius 2 is 1.92 bits per heavy atom. The van der Waals surface area contributed by atoms with E-state index in [1.54, 1.807) is 20.8 Å². The van der Waals surface area contributed by atoms with Crippen molar-refractivity contribution in [2.75, 3.05) is 18.8 Å². The molecule has 0 aliphatic carbocycles. The molecule has 5 nitrogen and oxygen atoms in total. The topological polar surface area (TPSA) is 63.7 Å². The fraction of sp³-hybridized carbons (Fsp3) is 0.737. The van der Waals surface area contributed by atoms with Crippen LogP contribution in [0.15, 0.2) is 12.1 Å². The third-order valence-corrected chi connectivity index (χ3v) is 7.49. The van der Waals surface area contributed by atoms with Crippen molar-refractivity contribution in [3.05, 3.63) is 21.9 Å². The zero-order valence-corrected chi connectivity index (χ0v) is 17.9. The number of carbonyl (C=O) groups excluding carboxylic acids is 1. The van der Waals surface area contributed by atoms with E-state index in [0.29, 0.717) is 19.0 Å². The molecular weight excluding hydrogens is 370 g/mol. The van der Waals surface area contributed by atoms with Crippen LogP contribution in [0.4, 0.5) is 0 Å². The number of piperidine rings is 1. The number of hydrogen-bond donors (Lipinski definition) is 0. The molecule has 1 saturated heterocycles. The minimum atomic E-state index is -3.61. The van der Waals surface area contributed by atoms with Crippen molar-refractivity contribution < 1.29 is 17.9 Å². The molecule has 1 aromatic heterocycles. The van der Waals surface area contributed by atoms with Crippen molar-refractivity contribution in [3.8, 4) is 0 Å². The van der Waals surface area contributed by atoms with Crippen LogP contribution < -0.4 is 0 Å². The summed E-state index contributed by atoms with van der Waals surface area (Å²) in [6.07, 6.45) is 5.15. The Labute approximate surface area is 161 Å². The van der Waals surface area contributed by atoms with Gasteiger partial charge in [0, 0.05) is 22.8 Å². The third-order valence-electron chi connectivity index (χ3n) is 4.43. The maximum atomic E-state index is 12.5. The van der Waals surface area contributed by atoms with Crippen molar-refractivity contribution >= 4 is 27.3 Å². The first-order valence-electron chi connectivity index (χ1n) is 9.39. The summed E-state index contributed by atoms with van der Waals surface area (Å²) in [6, 6.07) is 4.41. The number of sulfonamides is 1. The van der Waals surface area contributed by atoms with E-state index in [0.717, 1.165) is 19.3 Å². The second-order valence-corrected chi connectivity index (χ2v) is 11.1. The molecule has 0 spiro atoms. The predicted molar refractivity (Wildman–Crippen MR) is 106 cm³/mol. The van der Waals surface area contributed by atoms with E-state index >= 15 is 0 Å². The quantitative estimate of drug-likeness (QED) is 0.649. The van der Waals surface area contributed by atoms with E-state index in [2.05, 4.69) is 19.1 Å². The number of carbonyl (C=O) groups is 1. The van der Waals surface area contributed by atoms with Crippen LogP contribution in [0.25, 0.3) is 0 Å². The smallest absolute Gasteiger partial charge is 0.323 e. The maximum absolute atomic E-state index is 12.5. The van der Waals surface area contributed by atoms with Gasteiger partial charge in [-0.25, -0.2) is 12.7 Å². The summed E-state index contributed by atoms with van der Waals surface area (Å²) in [7, 11) is -3.61. The molecular formula is C19H31NO4S2. The van der Waals surface area contributed by atoms with Gasteiger partial charge in [-0.2, -0.15) is 0 Å². The van der Waals surface area contributed by atoms with Crippen molar-refractivity contribution in [3.63, 3.8) is 0 Å². The van der Waals surface area contributed by atoms with E-state index < -0.39 is 27.3 Å². The highest BCUT2D eigenvalue weighted by atomic mass is 32.2. The fourth-order valence-electron chi connectivity index (χ4n) is 3.13. The van der Waals surface area contributed by atoms with E-state index in [1.165, 1.54) is 26.9 Å². The van der Waals surface area contributed by atoms with Crippen LogP contribution >= 0.6 is 11.3 Å². The van der Waals surface area contributed by atoms with Crippen LogP contribution in [0, 0.1) is 0 Å². The molecule has 148 valence electrons. The second-order valence-electron chi connectivity index (χ2n) is 7.92. The average molecular weight is 402 g/mol. The SMILES string of the molecule is CCCCc1ccc(C2CCN(S(=O)(=O)CC(=O)OC(C)(C)C)CC2)s1. The van der Waals surface area contributed by atoms with Gasteiger partial charge in [0.05, 0.1) is 0 Å². The van der Waals surface area contributed by atoms with Gasteiger partial charge in [-0.05, 0) is 64.5 Å². The zero-order valence-electron chi connectivity index (χ0n) is 16.3. The van der Waals surface area contributed by atoms with Gasteiger partial charge >= 0.3 is 5.97 Å². The van der Waals surface area contributed by atoms with Crippen LogP contribution in [0.3, 0.4) is 0 Å². The highest BCUT2D eigenvalue weighted by Crippen LogP contribution is 2.34. The molecule has 7 heteroatoms. The largest absolute Gasteiger partial charge is 0.459 e. The lowest BCUT2D eigenvalue weighted by molar-refractivity contribution is -0.151. The Bertz CT molecular complexity index is 695. The van der Waals surface area contributed by atoms with Gasteiger partial charge in [-0.15, -0.1) is 11.3 Å².